The van der Waals surface area contributed by atoms with Gasteiger partial charge in [-0.05, 0) is 57.9 Å². The van der Waals surface area contributed by atoms with E-state index in [2.05, 4.69) is 10.5 Å². The van der Waals surface area contributed by atoms with Crippen molar-refractivity contribution in [3.8, 4) is 39.7 Å². The summed E-state index contributed by atoms with van der Waals surface area (Å²) in [6, 6.07) is 9.12. The number of benzene rings is 2. The third-order valence-electron chi connectivity index (χ3n) is 5.79. The summed E-state index contributed by atoms with van der Waals surface area (Å²) in [5.41, 5.74) is 0.676. The van der Waals surface area contributed by atoms with Crippen LogP contribution in [0.2, 0.25) is 5.02 Å². The largest absolute Gasteiger partial charge is 0.530 e. The molecule has 0 aliphatic rings. The van der Waals surface area contributed by atoms with Gasteiger partial charge in [-0.3, -0.25) is 23.3 Å². The molecule has 236 valence electrons. The van der Waals surface area contributed by atoms with Gasteiger partial charge in [0.2, 0.25) is 0 Å². The quantitative estimate of drug-likeness (QED) is 0.148. The third-order valence-corrected chi connectivity index (χ3v) is 8.71. The Morgan fingerprint density at radius 3 is 2.26 bits per heavy atom. The molecule has 13 nitrogen and oxygen atoms in total. The molecule has 0 fully saturated rings. The molecular weight excluding hydrogens is 626 g/mol. The minimum Gasteiger partial charge on any atom is -0.497 e. The Balaban J connectivity index is 2.28. The van der Waals surface area contributed by atoms with Crippen LogP contribution in [-0.4, -0.2) is 48.9 Å². The second-order valence-corrected chi connectivity index (χ2v) is 12.2. The summed E-state index contributed by atoms with van der Waals surface area (Å²) in [6.45, 7) is 8.61. The van der Waals surface area contributed by atoms with Crippen LogP contribution in [0, 0.1) is 0 Å². The van der Waals surface area contributed by atoms with Crippen LogP contribution < -0.4 is 19.1 Å². The second-order valence-electron chi connectivity index (χ2n) is 8.86. The van der Waals surface area contributed by atoms with Gasteiger partial charge in [-0.1, -0.05) is 35.8 Å². The van der Waals surface area contributed by atoms with Crippen molar-refractivity contribution < 1.29 is 50.7 Å². The van der Waals surface area contributed by atoms with Crippen molar-refractivity contribution in [2.45, 2.75) is 47.1 Å². The molecule has 3 rings (SSSR count). The fourth-order valence-electron chi connectivity index (χ4n) is 3.73. The predicted molar refractivity (Wildman–Crippen MR) is 160 cm³/mol. The van der Waals surface area contributed by atoms with Gasteiger partial charge in [-0.25, -0.2) is 9.13 Å². The molecular formula is C27H35ClN2O11P2. The lowest BCUT2D eigenvalue weighted by Crippen LogP contribution is -2.23. The van der Waals surface area contributed by atoms with Gasteiger partial charge in [0.25, 0.3) is 5.91 Å². The van der Waals surface area contributed by atoms with Crippen LogP contribution >= 0.6 is 27.2 Å². The van der Waals surface area contributed by atoms with Crippen molar-refractivity contribution in [2.24, 2.45) is 0 Å². The minimum atomic E-state index is -4.75. The number of phosphoric acid groups is 2. The highest BCUT2D eigenvalue weighted by Gasteiger charge is 2.34. The molecule has 0 aliphatic carbocycles. The van der Waals surface area contributed by atoms with Gasteiger partial charge < -0.3 is 23.6 Å². The summed E-state index contributed by atoms with van der Waals surface area (Å²) >= 11 is 6.56. The van der Waals surface area contributed by atoms with E-state index in [0.29, 0.717) is 24.3 Å². The molecule has 2 aromatic carbocycles. The Hall–Kier alpha value is -2.89. The monoisotopic (exact) mass is 660 g/mol. The zero-order valence-electron chi connectivity index (χ0n) is 24.6. The summed E-state index contributed by atoms with van der Waals surface area (Å²) in [4.78, 5) is 23.6. The van der Waals surface area contributed by atoms with E-state index in [1.165, 1.54) is 13.2 Å². The number of ether oxygens (including phenoxy) is 1. The number of phosphoric ester groups is 2. The lowest BCUT2D eigenvalue weighted by molar-refractivity contribution is 0.0947. The highest BCUT2D eigenvalue weighted by atomic mass is 35.5. The lowest BCUT2D eigenvalue weighted by atomic mass is 9.98. The second kappa shape index (κ2) is 15.2. The molecule has 0 aliphatic heterocycles. The molecule has 0 spiro atoms. The van der Waals surface area contributed by atoms with Gasteiger partial charge in [0.15, 0.2) is 17.2 Å². The van der Waals surface area contributed by atoms with Gasteiger partial charge in [-0.15, -0.1) is 0 Å². The molecule has 1 heterocycles. The summed E-state index contributed by atoms with van der Waals surface area (Å²) < 4.78 is 63.8. The van der Waals surface area contributed by atoms with Gasteiger partial charge in [0.1, 0.15) is 11.5 Å². The van der Waals surface area contributed by atoms with E-state index in [1.54, 1.807) is 58.9 Å². The van der Waals surface area contributed by atoms with Crippen molar-refractivity contribution in [1.82, 2.24) is 10.5 Å². The van der Waals surface area contributed by atoms with E-state index in [1.807, 2.05) is 0 Å². The van der Waals surface area contributed by atoms with Crippen molar-refractivity contribution in [2.75, 3.05) is 26.9 Å². The first-order valence-electron chi connectivity index (χ1n) is 13.5. The Morgan fingerprint density at radius 1 is 1.05 bits per heavy atom. The number of halogens is 1. The van der Waals surface area contributed by atoms with Crippen LogP contribution in [0.25, 0.3) is 22.5 Å². The van der Waals surface area contributed by atoms with Crippen LogP contribution in [0.5, 0.6) is 17.2 Å². The fraction of sp³-hybridized carbons (Fsp3) is 0.407. The van der Waals surface area contributed by atoms with Gasteiger partial charge >= 0.3 is 15.6 Å². The molecule has 2 unspecified atom stereocenters. The Kier molecular flexibility index (Phi) is 12.2. The number of rotatable bonds is 16. The van der Waals surface area contributed by atoms with Crippen LogP contribution in [0.15, 0.2) is 40.9 Å². The molecule has 1 amide bonds. The molecule has 2 N–H and O–H groups in total. The van der Waals surface area contributed by atoms with Crippen molar-refractivity contribution in [3.05, 3.63) is 47.1 Å². The Bertz CT molecular complexity index is 1490. The molecule has 43 heavy (non-hydrogen) atoms. The summed E-state index contributed by atoms with van der Waals surface area (Å²) in [5, 5.41) is 6.56. The van der Waals surface area contributed by atoms with Crippen LogP contribution in [0.3, 0.4) is 0 Å². The summed E-state index contributed by atoms with van der Waals surface area (Å²) in [7, 11) is -7.38. The number of hydrogen-bond acceptors (Lipinski definition) is 11. The van der Waals surface area contributed by atoms with Crippen molar-refractivity contribution in [3.63, 3.8) is 0 Å². The maximum absolute atomic E-state index is 13.1. The molecule has 0 saturated heterocycles. The normalized spacial score (nSPS) is 13.7. The topological polar surface area (TPSA) is 165 Å². The van der Waals surface area contributed by atoms with E-state index in [4.69, 9.17) is 43.5 Å². The number of carbonyl (C=O) groups is 1. The van der Waals surface area contributed by atoms with Crippen LogP contribution in [0.1, 0.15) is 51.5 Å². The first-order chi connectivity index (χ1) is 20.4. The highest BCUT2D eigenvalue weighted by molar-refractivity contribution is 7.49. The predicted octanol–water partition coefficient (Wildman–Crippen LogP) is 7.27. The number of hydrogen-bond donors (Lipinski definition) is 2. The molecule has 0 saturated carbocycles. The first-order valence-corrected chi connectivity index (χ1v) is 16.8. The van der Waals surface area contributed by atoms with Crippen molar-refractivity contribution in [1.29, 1.82) is 0 Å². The average molecular weight is 661 g/mol. The third kappa shape index (κ3) is 8.83. The van der Waals surface area contributed by atoms with Gasteiger partial charge in [-0.2, -0.15) is 0 Å². The molecule has 0 bridgehead atoms. The summed E-state index contributed by atoms with van der Waals surface area (Å²) in [5.74, 6) is -0.563. The zero-order chi connectivity index (χ0) is 31.8. The lowest BCUT2D eigenvalue weighted by Gasteiger charge is -2.21. The van der Waals surface area contributed by atoms with E-state index in [-0.39, 0.29) is 52.3 Å². The minimum absolute atomic E-state index is 0.00316. The highest BCUT2D eigenvalue weighted by Crippen LogP contribution is 2.55. The molecule has 16 heteroatoms. The number of methoxy groups -OCH3 is 1. The average Bonchev–Trinajstić information content (AvgIpc) is 3.39. The van der Waals surface area contributed by atoms with Gasteiger partial charge in [0, 0.05) is 12.6 Å². The number of amides is 1. The molecule has 2 atom stereocenters. The van der Waals surface area contributed by atoms with Crippen LogP contribution in [0.4, 0.5) is 0 Å². The van der Waals surface area contributed by atoms with E-state index in [9.17, 15) is 18.8 Å². The SMILES string of the molecule is CCNC(=O)c1noc(-c2cc(Cl)c(OP(=O)(OCC)OCC)cc2OP(=O)(O)OC(C)CC)c1-c1ccc(OC)cc1. The molecule has 1 aromatic heterocycles. The molecule has 3 aromatic rings. The Labute approximate surface area is 254 Å². The summed E-state index contributed by atoms with van der Waals surface area (Å²) in [6.07, 6.45) is -0.218. The van der Waals surface area contributed by atoms with E-state index >= 15 is 0 Å². The Morgan fingerprint density at radius 2 is 1.70 bits per heavy atom. The van der Waals surface area contributed by atoms with Crippen molar-refractivity contribution >= 4 is 33.2 Å². The first kappa shape index (κ1) is 34.6. The zero-order valence-corrected chi connectivity index (χ0v) is 27.2. The standard InChI is InChI=1S/C27H35ClN2O11P2/c1-7-17(5)39-42(32,33)40-22-16-23(41-43(34,36-9-3)37-10-4)21(28)15-20(22)26-24(18-11-13-19(35-6)14-12-18)25(30-38-26)27(31)29-8-2/h11-17H,7-10H2,1-6H3,(H,29,31)(H,32,33). The smallest absolute Gasteiger partial charge is 0.497 e. The number of nitrogens with zero attached hydrogens (tertiary/aromatic N) is 1. The number of carbonyl (C=O) groups excluding carboxylic acids is 1. The fourth-order valence-corrected chi connectivity index (χ4v) is 6.24. The maximum atomic E-state index is 13.1. The van der Waals surface area contributed by atoms with E-state index < -0.39 is 27.7 Å². The number of nitrogens with one attached hydrogen (secondary N) is 1. The van der Waals surface area contributed by atoms with Crippen LogP contribution in [-0.2, 0) is 22.7 Å². The number of aromatic nitrogens is 1. The van der Waals surface area contributed by atoms with E-state index in [0.717, 1.165) is 6.07 Å². The molecule has 0 radical (unpaired) electrons. The maximum Gasteiger partial charge on any atom is 0.530 e. The van der Waals surface area contributed by atoms with Gasteiger partial charge in [0.05, 0.1) is 42.6 Å².